The Kier molecular flexibility index (Phi) is 67.4. The predicted octanol–water partition coefficient (Wildman–Crippen LogP) is 22.7. The Balaban J connectivity index is 5.27. The number of carbonyl (C=O) groups is 4. The molecule has 3 unspecified atom stereocenters. The maximum Gasteiger partial charge on any atom is 0.472 e. The number of unbranched alkanes of at least 4 members (excludes halogenated alkanes) is 45. The highest BCUT2D eigenvalue weighted by Gasteiger charge is 2.30. The van der Waals surface area contributed by atoms with Gasteiger partial charge in [0, 0.05) is 25.7 Å². The SMILES string of the molecule is CCCCCCCCCCCCCCCCCCC(=O)O[C@H](COC(=O)CCCCCCCCCCCCCCC(C)C)COP(=O)(O)OC[C@@H](O)COP(=O)(O)OC[C@@H](COC(=O)CCCCCCCCCCC(C)CC)OC(=O)CCCCCCCCCCCCCCC. The highest BCUT2D eigenvalue weighted by atomic mass is 31.2. The summed E-state index contributed by atoms with van der Waals surface area (Å²) in [6.45, 7) is 9.63. The monoisotopic (exact) mass is 1410 g/mol. The van der Waals surface area contributed by atoms with Crippen LogP contribution < -0.4 is 0 Å². The molecule has 0 aliphatic carbocycles. The van der Waals surface area contributed by atoms with Crippen LogP contribution in [-0.2, 0) is 65.4 Å². The van der Waals surface area contributed by atoms with Gasteiger partial charge in [0.1, 0.15) is 19.3 Å². The minimum Gasteiger partial charge on any atom is -0.462 e. The van der Waals surface area contributed by atoms with Gasteiger partial charge in [-0.3, -0.25) is 37.3 Å². The van der Waals surface area contributed by atoms with Gasteiger partial charge in [0.05, 0.1) is 26.4 Å². The smallest absolute Gasteiger partial charge is 0.462 e. The third kappa shape index (κ3) is 69.2. The Morgan fingerprint density at radius 1 is 0.302 bits per heavy atom. The molecule has 17 nitrogen and oxygen atoms in total. The van der Waals surface area contributed by atoms with Crippen LogP contribution in [-0.4, -0.2) is 96.7 Å². The van der Waals surface area contributed by atoms with Crippen LogP contribution in [0, 0.1) is 11.8 Å². The van der Waals surface area contributed by atoms with E-state index in [0.717, 1.165) is 102 Å². The van der Waals surface area contributed by atoms with Crippen LogP contribution in [0.1, 0.15) is 401 Å². The number of phosphoric ester groups is 2. The molecule has 96 heavy (non-hydrogen) atoms. The predicted molar refractivity (Wildman–Crippen MR) is 391 cm³/mol. The molecule has 0 heterocycles. The van der Waals surface area contributed by atoms with Gasteiger partial charge in [-0.05, 0) is 37.5 Å². The van der Waals surface area contributed by atoms with Crippen molar-refractivity contribution in [2.75, 3.05) is 39.6 Å². The molecule has 19 heteroatoms. The molecule has 0 aliphatic heterocycles. The van der Waals surface area contributed by atoms with Gasteiger partial charge in [0.25, 0.3) is 0 Å². The van der Waals surface area contributed by atoms with Gasteiger partial charge in [0.2, 0.25) is 0 Å². The van der Waals surface area contributed by atoms with E-state index in [1.165, 1.54) is 218 Å². The normalized spacial score (nSPS) is 14.3. The topological polar surface area (TPSA) is 237 Å². The molecule has 0 bridgehead atoms. The summed E-state index contributed by atoms with van der Waals surface area (Å²) in [5.74, 6) is -0.552. The molecule has 6 atom stereocenters. The van der Waals surface area contributed by atoms with Crippen LogP contribution in [0.3, 0.4) is 0 Å². The third-order valence-corrected chi connectivity index (χ3v) is 20.2. The number of phosphoric acid groups is 2. The number of rotatable bonds is 76. The molecule has 0 rings (SSSR count). The maximum atomic E-state index is 13.1. The van der Waals surface area contributed by atoms with Gasteiger partial charge in [-0.15, -0.1) is 0 Å². The average molecular weight is 1410 g/mol. The van der Waals surface area contributed by atoms with Gasteiger partial charge in [-0.2, -0.15) is 0 Å². The Morgan fingerprint density at radius 2 is 0.531 bits per heavy atom. The van der Waals surface area contributed by atoms with Gasteiger partial charge in [0.15, 0.2) is 12.2 Å². The molecule has 3 N–H and O–H groups in total. The zero-order valence-corrected chi connectivity index (χ0v) is 64.5. The lowest BCUT2D eigenvalue weighted by Crippen LogP contribution is -2.30. The Hall–Kier alpha value is -1.94. The Labute approximate surface area is 588 Å². The van der Waals surface area contributed by atoms with E-state index in [9.17, 15) is 43.2 Å². The first kappa shape index (κ1) is 94.1. The third-order valence-electron chi connectivity index (χ3n) is 18.3. The van der Waals surface area contributed by atoms with E-state index in [4.69, 9.17) is 37.0 Å². The summed E-state index contributed by atoms with van der Waals surface area (Å²) in [7, 11) is -9.91. The molecule has 0 aliphatic rings. The van der Waals surface area contributed by atoms with Gasteiger partial charge < -0.3 is 33.8 Å². The van der Waals surface area contributed by atoms with Gasteiger partial charge in [-0.25, -0.2) is 9.13 Å². The molecule has 0 amide bonds. The van der Waals surface area contributed by atoms with E-state index < -0.39 is 97.5 Å². The van der Waals surface area contributed by atoms with Crippen LogP contribution >= 0.6 is 15.6 Å². The number of carbonyl (C=O) groups excluding carboxylic acids is 4. The molecule has 0 fully saturated rings. The summed E-state index contributed by atoms with van der Waals surface area (Å²) in [6.07, 6.45) is 56.6. The lowest BCUT2D eigenvalue weighted by Gasteiger charge is -2.21. The molecule has 0 saturated heterocycles. The summed E-state index contributed by atoms with van der Waals surface area (Å²) < 4.78 is 68.6. The number of aliphatic hydroxyl groups is 1. The van der Waals surface area contributed by atoms with Crippen LogP contribution in [0.4, 0.5) is 0 Å². The highest BCUT2D eigenvalue weighted by Crippen LogP contribution is 2.45. The lowest BCUT2D eigenvalue weighted by atomic mass is 9.99. The summed E-state index contributed by atoms with van der Waals surface area (Å²) in [5.41, 5.74) is 0. The fraction of sp³-hybridized carbons (Fsp3) is 0.948. The molecule has 570 valence electrons. The average Bonchev–Trinajstić information content (AvgIpc) is 1.51. The number of esters is 4. The van der Waals surface area contributed by atoms with Crippen molar-refractivity contribution in [1.82, 2.24) is 0 Å². The van der Waals surface area contributed by atoms with E-state index in [1.54, 1.807) is 0 Å². The Bertz CT molecular complexity index is 1860. The second kappa shape index (κ2) is 68.8. The molecule has 0 spiro atoms. The molecule has 0 aromatic rings. The second-order valence-electron chi connectivity index (χ2n) is 28.5. The summed E-state index contributed by atoms with van der Waals surface area (Å²) in [6, 6.07) is 0. The van der Waals surface area contributed by atoms with Crippen LogP contribution in [0.25, 0.3) is 0 Å². The van der Waals surface area contributed by atoms with E-state index in [1.807, 2.05) is 0 Å². The largest absolute Gasteiger partial charge is 0.472 e. The summed E-state index contributed by atoms with van der Waals surface area (Å²) in [5, 5.41) is 10.6. The van der Waals surface area contributed by atoms with E-state index in [0.29, 0.717) is 25.7 Å². The van der Waals surface area contributed by atoms with Crippen molar-refractivity contribution in [1.29, 1.82) is 0 Å². The summed E-state index contributed by atoms with van der Waals surface area (Å²) >= 11 is 0. The van der Waals surface area contributed by atoms with Crippen LogP contribution in [0.15, 0.2) is 0 Å². The van der Waals surface area contributed by atoms with Crippen molar-refractivity contribution < 1.29 is 80.2 Å². The molecule has 0 aromatic carbocycles. The minimum absolute atomic E-state index is 0.107. The number of aliphatic hydroxyl groups excluding tert-OH is 1. The fourth-order valence-electron chi connectivity index (χ4n) is 11.8. The fourth-order valence-corrected chi connectivity index (χ4v) is 13.4. The molecular formula is C77H150O17P2. The number of hydrogen-bond acceptors (Lipinski definition) is 15. The van der Waals surface area contributed by atoms with Crippen LogP contribution in [0.5, 0.6) is 0 Å². The zero-order chi connectivity index (χ0) is 70.7. The van der Waals surface area contributed by atoms with Gasteiger partial charge >= 0.3 is 39.5 Å². The van der Waals surface area contributed by atoms with Crippen molar-refractivity contribution in [2.24, 2.45) is 11.8 Å². The number of ether oxygens (including phenoxy) is 4. The molecular weight excluding hydrogens is 1260 g/mol. The van der Waals surface area contributed by atoms with Crippen molar-refractivity contribution in [3.05, 3.63) is 0 Å². The quantitative estimate of drug-likeness (QED) is 0.0222. The molecule has 0 saturated carbocycles. The second-order valence-corrected chi connectivity index (χ2v) is 31.4. The van der Waals surface area contributed by atoms with Crippen molar-refractivity contribution in [2.45, 2.75) is 419 Å². The summed E-state index contributed by atoms with van der Waals surface area (Å²) in [4.78, 5) is 72.9. The van der Waals surface area contributed by atoms with E-state index in [2.05, 4.69) is 41.5 Å². The van der Waals surface area contributed by atoms with E-state index in [-0.39, 0.29) is 25.7 Å². The zero-order valence-electron chi connectivity index (χ0n) is 62.7. The minimum atomic E-state index is -4.96. The van der Waals surface area contributed by atoms with E-state index >= 15 is 0 Å². The van der Waals surface area contributed by atoms with Crippen molar-refractivity contribution in [3.63, 3.8) is 0 Å². The van der Waals surface area contributed by atoms with Crippen molar-refractivity contribution >= 4 is 39.5 Å². The first-order valence-electron chi connectivity index (χ1n) is 40.0. The molecule has 0 aromatic heterocycles. The standard InChI is InChI=1S/C77H150O17P2/c1-7-10-12-14-16-18-20-22-23-24-26-32-36-44-50-56-62-77(82)93-72(65-87-74(79)59-53-47-41-34-30-28-27-29-33-39-45-51-57-69(4)5)67-91-95(83,84)89-63-71(78)64-90-96(85,86)92-68-73(66-88-75(80)60-54-48-42-38-37-40-46-52-58-70(6)9-3)94-76(81)61-55-49-43-35-31-25-21-19-17-15-13-11-8-2/h69-73,78H,7-68H2,1-6H3,(H,83,84)(H,85,86)/t70?,71-,72-,73-/m1/s1. The Morgan fingerprint density at radius 3 is 0.792 bits per heavy atom. The first-order valence-corrected chi connectivity index (χ1v) is 43.0. The highest BCUT2D eigenvalue weighted by molar-refractivity contribution is 7.47. The maximum absolute atomic E-state index is 13.1. The number of hydrogen-bond donors (Lipinski definition) is 3. The van der Waals surface area contributed by atoms with Crippen molar-refractivity contribution in [3.8, 4) is 0 Å². The van der Waals surface area contributed by atoms with Gasteiger partial charge in [-0.1, -0.05) is 350 Å². The first-order chi connectivity index (χ1) is 46.4. The lowest BCUT2D eigenvalue weighted by molar-refractivity contribution is -0.161. The molecule has 0 radical (unpaired) electrons. The van der Waals surface area contributed by atoms with Crippen LogP contribution in [0.2, 0.25) is 0 Å².